The highest BCUT2D eigenvalue weighted by Gasteiger charge is 2.71. The molecule has 0 aromatic heterocycles. The third kappa shape index (κ3) is 3.70. The van der Waals surface area contributed by atoms with E-state index in [2.05, 4.69) is 0 Å². The lowest BCUT2D eigenvalue weighted by Crippen LogP contribution is -2.69. The molecule has 0 spiro atoms. The predicted molar refractivity (Wildman–Crippen MR) is 128 cm³/mol. The molecule has 0 amide bonds. The highest BCUT2D eigenvalue weighted by atomic mass is 16.3. The quantitative estimate of drug-likeness (QED) is 0.297. The minimum Gasteiger partial charge on any atom is -0.390 e. The lowest BCUT2D eigenvalue weighted by atomic mass is 9.44. The molecule has 0 radical (unpaired) electrons. The van der Waals surface area contributed by atoms with Gasteiger partial charge in [0.05, 0.1) is 35.1 Å². The Kier molecular flexibility index (Phi) is 6.26. The van der Waals surface area contributed by atoms with Crippen molar-refractivity contribution >= 4 is 5.78 Å². The monoisotopic (exact) mass is 496 g/mol. The Morgan fingerprint density at radius 2 is 1.57 bits per heavy atom. The van der Waals surface area contributed by atoms with Gasteiger partial charge in [0.2, 0.25) is 0 Å². The fourth-order valence-corrected chi connectivity index (χ4v) is 8.31. The first-order chi connectivity index (χ1) is 15.8. The van der Waals surface area contributed by atoms with Gasteiger partial charge in [-0.05, 0) is 89.2 Å². The van der Waals surface area contributed by atoms with Crippen LogP contribution < -0.4 is 0 Å². The maximum atomic E-state index is 13.3. The van der Waals surface area contributed by atoms with E-state index in [1.54, 1.807) is 27.7 Å². The van der Waals surface area contributed by atoms with Gasteiger partial charge in [-0.15, -0.1) is 0 Å². The summed E-state index contributed by atoms with van der Waals surface area (Å²) in [6.45, 7) is 8.58. The molecular weight excluding hydrogens is 452 g/mol. The molecule has 4 rings (SSSR count). The van der Waals surface area contributed by atoms with E-state index in [0.717, 1.165) is 0 Å². The van der Waals surface area contributed by atoms with Gasteiger partial charge in [-0.3, -0.25) is 4.79 Å². The lowest BCUT2D eigenvalue weighted by molar-refractivity contribution is -0.211. The molecule has 8 nitrogen and oxygen atoms in total. The molecule has 3 saturated carbocycles. The van der Waals surface area contributed by atoms with E-state index in [4.69, 9.17) is 0 Å². The van der Waals surface area contributed by atoms with Crippen LogP contribution in [0.4, 0.5) is 0 Å². The smallest absolute Gasteiger partial charge is 0.187 e. The molecule has 0 aromatic rings. The largest absolute Gasteiger partial charge is 0.390 e. The Morgan fingerprint density at radius 3 is 2.17 bits per heavy atom. The van der Waals surface area contributed by atoms with Crippen LogP contribution in [0.1, 0.15) is 86.0 Å². The number of ketones is 1. The van der Waals surface area contributed by atoms with Crippen LogP contribution in [0.25, 0.3) is 0 Å². The fourth-order valence-electron chi connectivity index (χ4n) is 8.31. The summed E-state index contributed by atoms with van der Waals surface area (Å²) in [6.07, 6.45) is 0.0884. The average molecular weight is 497 g/mol. The third-order valence-corrected chi connectivity index (χ3v) is 10.7. The molecule has 200 valence electrons. The molecule has 8 heteroatoms. The minimum absolute atomic E-state index is 0.0437. The number of carbonyl (C=O) groups is 1. The lowest BCUT2D eigenvalue weighted by Gasteiger charge is -2.62. The Balaban J connectivity index is 1.70. The number of rotatable bonds is 5. The first-order valence-corrected chi connectivity index (χ1v) is 13.0. The summed E-state index contributed by atoms with van der Waals surface area (Å²) in [5.74, 6) is -1.38. The van der Waals surface area contributed by atoms with Crippen molar-refractivity contribution in [1.29, 1.82) is 0 Å². The standard InChI is InChI=1S/C27H44O8/c1-22(2,32)9-8-20(30)25(5,33)19-7-11-26(34)16-12-21(31)27(35)14-18(29)17(28)13-24(27,4)15(16)6-10-23(19,26)3/h12,15,17-20,28-30,32-35H,6-11,13-14H2,1-5H3/t15-,17-,18+,19-,20?,23+,24+,25+,26+,27+/m0/s1. The van der Waals surface area contributed by atoms with Crippen molar-refractivity contribution in [2.24, 2.45) is 22.7 Å². The van der Waals surface area contributed by atoms with Gasteiger partial charge < -0.3 is 35.7 Å². The van der Waals surface area contributed by atoms with Crippen LogP contribution in [0.3, 0.4) is 0 Å². The second-order valence-corrected chi connectivity index (χ2v) is 13.3. The fraction of sp³-hybridized carbons (Fsp3) is 0.889. The number of aliphatic hydroxyl groups excluding tert-OH is 3. The molecule has 0 aliphatic heterocycles. The summed E-state index contributed by atoms with van der Waals surface area (Å²) in [6, 6.07) is 0. The zero-order valence-corrected chi connectivity index (χ0v) is 21.7. The highest BCUT2D eigenvalue weighted by Crippen LogP contribution is 2.69. The van der Waals surface area contributed by atoms with E-state index >= 15 is 0 Å². The summed E-state index contributed by atoms with van der Waals surface area (Å²) in [4.78, 5) is 13.3. The molecule has 3 fully saturated rings. The Morgan fingerprint density at radius 1 is 0.971 bits per heavy atom. The Hall–Kier alpha value is -0.870. The van der Waals surface area contributed by atoms with E-state index in [1.165, 1.54) is 6.08 Å². The van der Waals surface area contributed by atoms with Gasteiger partial charge in [0.1, 0.15) is 5.60 Å². The molecule has 4 aliphatic rings. The van der Waals surface area contributed by atoms with Crippen molar-refractivity contribution in [3.05, 3.63) is 11.6 Å². The number of fused-ring (bicyclic) bond motifs is 5. The normalized spacial score (nSPS) is 48.3. The van der Waals surface area contributed by atoms with Crippen LogP contribution in [0, 0.1) is 22.7 Å². The highest BCUT2D eigenvalue weighted by molar-refractivity contribution is 6.00. The van der Waals surface area contributed by atoms with Crippen LogP contribution >= 0.6 is 0 Å². The zero-order valence-electron chi connectivity index (χ0n) is 21.7. The van der Waals surface area contributed by atoms with Crippen molar-refractivity contribution in [2.45, 2.75) is 127 Å². The Bertz CT molecular complexity index is 907. The van der Waals surface area contributed by atoms with Gasteiger partial charge in [0, 0.05) is 17.3 Å². The van der Waals surface area contributed by atoms with Gasteiger partial charge in [0.25, 0.3) is 0 Å². The van der Waals surface area contributed by atoms with Crippen molar-refractivity contribution in [3.63, 3.8) is 0 Å². The summed E-state index contributed by atoms with van der Waals surface area (Å²) in [5.41, 5.74) is -7.07. The number of aliphatic hydroxyl groups is 7. The topological polar surface area (TPSA) is 159 Å². The van der Waals surface area contributed by atoms with E-state index in [1.807, 2.05) is 6.92 Å². The summed E-state index contributed by atoms with van der Waals surface area (Å²) in [5, 5.41) is 77.0. The predicted octanol–water partition coefficient (Wildman–Crippen LogP) is 0.969. The van der Waals surface area contributed by atoms with Crippen molar-refractivity contribution in [2.75, 3.05) is 0 Å². The van der Waals surface area contributed by atoms with Crippen molar-refractivity contribution in [3.8, 4) is 0 Å². The molecule has 0 heterocycles. The maximum Gasteiger partial charge on any atom is 0.187 e. The number of carbonyl (C=O) groups excluding carboxylic acids is 1. The molecule has 0 bridgehead atoms. The van der Waals surface area contributed by atoms with Crippen molar-refractivity contribution in [1.82, 2.24) is 0 Å². The SMILES string of the molecule is CC(C)(O)CCC(O)[C@](C)(O)[C@H]1CC[C@@]2(O)C3=CC(=O)[C@]4(O)C[C@@H](O)[C@@H](O)C[C@]4(C)[C@H]3CC[C@]12C. The van der Waals surface area contributed by atoms with Crippen LogP contribution in [0.15, 0.2) is 11.6 Å². The van der Waals surface area contributed by atoms with Crippen LogP contribution in [0.2, 0.25) is 0 Å². The maximum absolute atomic E-state index is 13.3. The van der Waals surface area contributed by atoms with E-state index in [9.17, 15) is 40.5 Å². The van der Waals surface area contributed by atoms with Crippen LogP contribution in [-0.4, -0.2) is 82.2 Å². The second kappa shape index (κ2) is 8.06. The first kappa shape index (κ1) is 27.2. The molecule has 0 saturated heterocycles. The summed E-state index contributed by atoms with van der Waals surface area (Å²) >= 11 is 0. The van der Waals surface area contributed by atoms with Crippen LogP contribution in [0.5, 0.6) is 0 Å². The first-order valence-electron chi connectivity index (χ1n) is 13.0. The summed E-state index contributed by atoms with van der Waals surface area (Å²) < 4.78 is 0. The molecule has 10 atom stereocenters. The van der Waals surface area contributed by atoms with Gasteiger partial charge in [-0.2, -0.15) is 0 Å². The van der Waals surface area contributed by atoms with E-state index < -0.39 is 63.2 Å². The van der Waals surface area contributed by atoms with E-state index in [-0.39, 0.29) is 25.2 Å². The van der Waals surface area contributed by atoms with E-state index in [0.29, 0.717) is 37.7 Å². The van der Waals surface area contributed by atoms with Crippen LogP contribution in [-0.2, 0) is 4.79 Å². The number of hydrogen-bond acceptors (Lipinski definition) is 8. The number of hydrogen-bond donors (Lipinski definition) is 7. The second-order valence-electron chi connectivity index (χ2n) is 13.3. The zero-order chi connectivity index (χ0) is 26.4. The molecule has 4 aliphatic carbocycles. The molecular formula is C27H44O8. The molecule has 7 N–H and O–H groups in total. The van der Waals surface area contributed by atoms with Gasteiger partial charge in [-0.25, -0.2) is 0 Å². The Labute approximate surface area is 207 Å². The average Bonchev–Trinajstić information content (AvgIpc) is 3.01. The van der Waals surface area contributed by atoms with Gasteiger partial charge >= 0.3 is 0 Å². The molecule has 1 unspecified atom stereocenters. The molecule has 35 heavy (non-hydrogen) atoms. The third-order valence-electron chi connectivity index (χ3n) is 10.7. The summed E-state index contributed by atoms with van der Waals surface area (Å²) in [7, 11) is 0. The minimum atomic E-state index is -1.82. The van der Waals surface area contributed by atoms with Gasteiger partial charge in [-0.1, -0.05) is 13.8 Å². The van der Waals surface area contributed by atoms with Gasteiger partial charge in [0.15, 0.2) is 5.78 Å². The molecule has 0 aromatic carbocycles. The van der Waals surface area contributed by atoms with Crippen molar-refractivity contribution < 1.29 is 40.5 Å².